The molecule has 0 bridgehead atoms. The Morgan fingerprint density at radius 3 is 2.25 bits per heavy atom. The minimum Gasteiger partial charge on any atom is -0.478 e. The zero-order valence-electron chi connectivity index (χ0n) is 10.1. The molecule has 88 valence electrons. The molecule has 1 atom stereocenters. The molecule has 0 saturated heterocycles. The molecule has 0 aliphatic carbocycles. The van der Waals surface area contributed by atoms with Gasteiger partial charge in [-0.2, -0.15) is 0 Å². The van der Waals surface area contributed by atoms with Gasteiger partial charge in [-0.25, -0.2) is 4.79 Å². The predicted octanol–water partition coefficient (Wildman–Crippen LogP) is 2.79. The van der Waals surface area contributed by atoms with Crippen LogP contribution in [0.1, 0.15) is 41.7 Å². The van der Waals surface area contributed by atoms with E-state index in [0.29, 0.717) is 11.6 Å². The summed E-state index contributed by atoms with van der Waals surface area (Å²) < 4.78 is 0. The van der Waals surface area contributed by atoms with Crippen LogP contribution in [0.4, 0.5) is 0 Å². The predicted molar refractivity (Wildman–Crippen MR) is 64.7 cm³/mol. The van der Waals surface area contributed by atoms with Crippen LogP contribution in [-0.2, 0) is 0 Å². The van der Waals surface area contributed by atoms with Crippen molar-refractivity contribution in [3.8, 4) is 0 Å². The number of hydrogen-bond acceptors (Lipinski definition) is 2. The molecule has 0 spiro atoms. The first kappa shape index (κ1) is 12.7. The van der Waals surface area contributed by atoms with E-state index in [-0.39, 0.29) is 0 Å². The summed E-state index contributed by atoms with van der Waals surface area (Å²) in [7, 11) is 4.09. The number of aromatic carboxylic acids is 1. The maximum Gasteiger partial charge on any atom is 0.335 e. The largest absolute Gasteiger partial charge is 0.478 e. The van der Waals surface area contributed by atoms with Gasteiger partial charge in [0.2, 0.25) is 0 Å². The van der Waals surface area contributed by atoms with Gasteiger partial charge in [-0.1, -0.05) is 25.5 Å². The Morgan fingerprint density at radius 2 is 1.88 bits per heavy atom. The van der Waals surface area contributed by atoms with Crippen LogP contribution in [0.3, 0.4) is 0 Å². The average Bonchev–Trinajstić information content (AvgIpc) is 2.25. The standard InChI is InChI=1S/C13H19NO2/c1-4-5-12(14(2)3)10-6-8-11(9-7-10)13(15)16/h6-9,12H,4-5H2,1-3H3,(H,15,16). The van der Waals surface area contributed by atoms with Crippen LogP contribution in [0, 0.1) is 0 Å². The van der Waals surface area contributed by atoms with E-state index in [0.717, 1.165) is 12.8 Å². The summed E-state index contributed by atoms with van der Waals surface area (Å²) in [6.45, 7) is 2.15. The van der Waals surface area contributed by atoms with E-state index in [1.165, 1.54) is 5.56 Å². The third kappa shape index (κ3) is 3.07. The van der Waals surface area contributed by atoms with Crippen molar-refractivity contribution in [2.75, 3.05) is 14.1 Å². The summed E-state index contributed by atoms with van der Waals surface area (Å²) in [5, 5.41) is 8.82. The number of benzene rings is 1. The molecule has 0 aromatic heterocycles. The van der Waals surface area contributed by atoms with Crippen LogP contribution >= 0.6 is 0 Å². The van der Waals surface area contributed by atoms with Gasteiger partial charge in [0.05, 0.1) is 5.56 Å². The molecule has 1 N–H and O–H groups in total. The van der Waals surface area contributed by atoms with E-state index in [4.69, 9.17) is 5.11 Å². The minimum absolute atomic E-state index is 0.345. The van der Waals surface area contributed by atoms with Crippen LogP contribution in [0.2, 0.25) is 0 Å². The topological polar surface area (TPSA) is 40.5 Å². The Balaban J connectivity index is 2.89. The van der Waals surface area contributed by atoms with Gasteiger partial charge in [-0.15, -0.1) is 0 Å². The van der Waals surface area contributed by atoms with E-state index >= 15 is 0 Å². The maximum atomic E-state index is 10.7. The smallest absolute Gasteiger partial charge is 0.335 e. The van der Waals surface area contributed by atoms with Crippen LogP contribution in [0.5, 0.6) is 0 Å². The monoisotopic (exact) mass is 221 g/mol. The number of nitrogens with zero attached hydrogens (tertiary/aromatic N) is 1. The lowest BCUT2D eigenvalue weighted by molar-refractivity contribution is 0.0697. The molecular formula is C13H19NO2. The van der Waals surface area contributed by atoms with Crippen molar-refractivity contribution < 1.29 is 9.90 Å². The molecule has 0 amide bonds. The molecule has 1 rings (SSSR count). The van der Waals surface area contributed by atoms with Crippen LogP contribution in [-0.4, -0.2) is 30.1 Å². The molecule has 16 heavy (non-hydrogen) atoms. The minimum atomic E-state index is -0.872. The lowest BCUT2D eigenvalue weighted by atomic mass is 10.00. The number of hydrogen-bond donors (Lipinski definition) is 1. The Kier molecular flexibility index (Phi) is 4.50. The molecule has 0 aliphatic rings. The highest BCUT2D eigenvalue weighted by atomic mass is 16.4. The Morgan fingerprint density at radius 1 is 1.31 bits per heavy atom. The second kappa shape index (κ2) is 5.66. The molecule has 1 aromatic carbocycles. The van der Waals surface area contributed by atoms with Crippen molar-refractivity contribution in [2.24, 2.45) is 0 Å². The summed E-state index contributed by atoms with van der Waals surface area (Å²) in [6, 6.07) is 7.52. The second-order valence-corrected chi connectivity index (χ2v) is 4.20. The number of carboxylic acid groups (broad SMARTS) is 1. The van der Waals surface area contributed by atoms with E-state index in [9.17, 15) is 4.79 Å². The number of rotatable bonds is 5. The van der Waals surface area contributed by atoms with E-state index in [1.54, 1.807) is 12.1 Å². The molecule has 0 fully saturated rings. The van der Waals surface area contributed by atoms with Gasteiger partial charge >= 0.3 is 5.97 Å². The van der Waals surface area contributed by atoms with Gasteiger partial charge in [0.1, 0.15) is 0 Å². The summed E-state index contributed by atoms with van der Waals surface area (Å²) in [5.74, 6) is -0.872. The van der Waals surface area contributed by atoms with Gasteiger partial charge in [0, 0.05) is 6.04 Å². The molecule has 0 saturated carbocycles. The molecule has 0 radical (unpaired) electrons. The Bertz CT molecular complexity index is 343. The molecular weight excluding hydrogens is 202 g/mol. The third-order valence-corrected chi connectivity index (χ3v) is 2.73. The fourth-order valence-corrected chi connectivity index (χ4v) is 1.84. The van der Waals surface area contributed by atoms with Crippen molar-refractivity contribution in [1.82, 2.24) is 4.90 Å². The molecule has 3 nitrogen and oxygen atoms in total. The second-order valence-electron chi connectivity index (χ2n) is 4.20. The lowest BCUT2D eigenvalue weighted by Gasteiger charge is -2.24. The van der Waals surface area contributed by atoms with Crippen molar-refractivity contribution in [1.29, 1.82) is 0 Å². The summed E-state index contributed by atoms with van der Waals surface area (Å²) in [6.07, 6.45) is 2.20. The molecule has 3 heteroatoms. The zero-order chi connectivity index (χ0) is 12.1. The fourth-order valence-electron chi connectivity index (χ4n) is 1.84. The van der Waals surface area contributed by atoms with Crippen molar-refractivity contribution in [2.45, 2.75) is 25.8 Å². The molecule has 0 aliphatic heterocycles. The molecule has 1 unspecified atom stereocenters. The first-order chi connectivity index (χ1) is 7.56. The van der Waals surface area contributed by atoms with E-state index in [2.05, 4.69) is 11.8 Å². The summed E-state index contributed by atoms with van der Waals surface area (Å²) in [5.41, 5.74) is 1.52. The Labute approximate surface area is 96.7 Å². The Hall–Kier alpha value is -1.35. The fraction of sp³-hybridized carbons (Fsp3) is 0.462. The number of carbonyl (C=O) groups is 1. The summed E-state index contributed by atoms with van der Waals surface area (Å²) in [4.78, 5) is 12.9. The van der Waals surface area contributed by atoms with Crippen molar-refractivity contribution >= 4 is 5.97 Å². The molecule has 0 heterocycles. The van der Waals surface area contributed by atoms with Gasteiger partial charge < -0.3 is 10.0 Å². The average molecular weight is 221 g/mol. The normalized spacial score (nSPS) is 12.8. The van der Waals surface area contributed by atoms with Crippen molar-refractivity contribution in [3.05, 3.63) is 35.4 Å². The maximum absolute atomic E-state index is 10.7. The van der Waals surface area contributed by atoms with Gasteiger partial charge in [0.25, 0.3) is 0 Å². The highest BCUT2D eigenvalue weighted by Gasteiger charge is 2.13. The number of carboxylic acids is 1. The van der Waals surface area contributed by atoms with Crippen molar-refractivity contribution in [3.63, 3.8) is 0 Å². The van der Waals surface area contributed by atoms with Crippen LogP contribution < -0.4 is 0 Å². The van der Waals surface area contributed by atoms with Gasteiger partial charge in [-0.3, -0.25) is 0 Å². The first-order valence-corrected chi connectivity index (χ1v) is 5.56. The van der Waals surface area contributed by atoms with Crippen LogP contribution in [0.25, 0.3) is 0 Å². The lowest BCUT2D eigenvalue weighted by Crippen LogP contribution is -2.19. The molecule has 1 aromatic rings. The zero-order valence-corrected chi connectivity index (χ0v) is 10.1. The highest BCUT2D eigenvalue weighted by Crippen LogP contribution is 2.23. The van der Waals surface area contributed by atoms with Crippen LogP contribution in [0.15, 0.2) is 24.3 Å². The third-order valence-electron chi connectivity index (χ3n) is 2.73. The van der Waals surface area contributed by atoms with E-state index in [1.807, 2.05) is 26.2 Å². The quantitative estimate of drug-likeness (QED) is 0.831. The summed E-state index contributed by atoms with van der Waals surface area (Å²) >= 11 is 0. The van der Waals surface area contributed by atoms with E-state index < -0.39 is 5.97 Å². The highest BCUT2D eigenvalue weighted by molar-refractivity contribution is 5.87. The first-order valence-electron chi connectivity index (χ1n) is 5.56. The SMILES string of the molecule is CCCC(c1ccc(C(=O)O)cc1)N(C)C. The van der Waals surface area contributed by atoms with Gasteiger partial charge in [-0.05, 0) is 38.2 Å². The van der Waals surface area contributed by atoms with Gasteiger partial charge in [0.15, 0.2) is 0 Å².